The molecule has 2 aliphatic heterocycles. The summed E-state index contributed by atoms with van der Waals surface area (Å²) in [6.07, 6.45) is 6.87. The number of β-lactam (4-membered cyclic amide) rings is 1. The van der Waals surface area contributed by atoms with E-state index in [9.17, 15) is 19.5 Å². The molecule has 0 spiro atoms. The van der Waals surface area contributed by atoms with Crippen molar-refractivity contribution in [3.63, 3.8) is 0 Å². The van der Waals surface area contributed by atoms with Crippen LogP contribution < -0.4 is 15.6 Å². The van der Waals surface area contributed by atoms with E-state index in [0.717, 1.165) is 17.0 Å². The number of nitrogens with two attached hydrogens (primary N) is 1. The highest BCUT2D eigenvalue weighted by Crippen LogP contribution is 2.40. The largest absolute Gasteiger partial charge is 0.477 e. The lowest BCUT2D eigenvalue weighted by molar-refractivity contribution is -0.689. The third-order valence-corrected chi connectivity index (χ3v) is 7.97. The van der Waals surface area contributed by atoms with E-state index in [-0.39, 0.29) is 28.8 Å². The highest BCUT2D eigenvalue weighted by molar-refractivity contribution is 8.00. The van der Waals surface area contributed by atoms with E-state index in [1.807, 2.05) is 35.2 Å². The van der Waals surface area contributed by atoms with Crippen LogP contribution in [-0.4, -0.2) is 65.2 Å². The van der Waals surface area contributed by atoms with Crippen molar-refractivity contribution in [3.8, 4) is 0 Å². The van der Waals surface area contributed by atoms with Gasteiger partial charge in [-0.1, -0.05) is 11.2 Å². The van der Waals surface area contributed by atoms with Crippen LogP contribution in [-0.2, 0) is 39.4 Å². The minimum atomic E-state index is -1.19. The summed E-state index contributed by atoms with van der Waals surface area (Å²) in [6.45, 7) is 0.384. The first-order valence-electron chi connectivity index (χ1n) is 11.3. The molecule has 3 aromatic rings. The van der Waals surface area contributed by atoms with Crippen molar-refractivity contribution in [2.45, 2.75) is 24.6 Å². The molecule has 0 bridgehead atoms. The first-order chi connectivity index (χ1) is 18.3. The van der Waals surface area contributed by atoms with Crippen LogP contribution >= 0.6 is 23.1 Å². The Kier molecular flexibility index (Phi) is 7.11. The van der Waals surface area contributed by atoms with Crippen molar-refractivity contribution in [1.82, 2.24) is 24.8 Å². The molecule has 5 rings (SSSR count). The number of thioether (sulfide) groups is 1. The van der Waals surface area contributed by atoms with E-state index < -0.39 is 29.2 Å². The summed E-state index contributed by atoms with van der Waals surface area (Å²) in [4.78, 5) is 53.2. The number of anilines is 1. The van der Waals surface area contributed by atoms with Crippen LogP contribution in [0.5, 0.6) is 0 Å². The first-order valence-corrected chi connectivity index (χ1v) is 13.3. The maximum Gasteiger partial charge on any atom is 0.352 e. The number of carbonyl (C=O) groups is 3. The number of aliphatic carboxylic acids is 1. The van der Waals surface area contributed by atoms with Crippen LogP contribution in [0.15, 0.2) is 64.9 Å². The molecule has 2 aliphatic rings. The second-order valence-corrected chi connectivity index (χ2v) is 10.4. The lowest BCUT2D eigenvalue weighted by Crippen LogP contribution is -2.71. The Labute approximate surface area is 224 Å². The minimum absolute atomic E-state index is 0.0521. The Hall–Kier alpha value is -4.24. The van der Waals surface area contributed by atoms with Gasteiger partial charge < -0.3 is 25.6 Å². The molecule has 15 heteroatoms. The Morgan fingerprint density at radius 3 is 2.79 bits per heavy atom. The lowest BCUT2D eigenvalue weighted by atomic mass is 10.0. The number of thiazole rings is 1. The van der Waals surface area contributed by atoms with Crippen molar-refractivity contribution in [2.24, 2.45) is 12.2 Å². The van der Waals surface area contributed by atoms with Crippen LogP contribution in [0.1, 0.15) is 11.4 Å². The zero-order chi connectivity index (χ0) is 26.8. The third-order valence-electron chi connectivity index (χ3n) is 5.95. The van der Waals surface area contributed by atoms with Crippen LogP contribution in [0.3, 0.4) is 0 Å². The van der Waals surface area contributed by atoms with Crippen molar-refractivity contribution in [2.75, 3.05) is 11.5 Å². The van der Waals surface area contributed by atoms with Crippen LogP contribution in [0.2, 0.25) is 0 Å². The van der Waals surface area contributed by atoms with Crippen LogP contribution in [0, 0.1) is 0 Å². The van der Waals surface area contributed by atoms with Gasteiger partial charge >= 0.3 is 5.97 Å². The molecular formula is C23H23N8O5S2+. The minimum Gasteiger partial charge on any atom is -0.477 e. The molecular weight excluding hydrogens is 532 g/mol. The summed E-state index contributed by atoms with van der Waals surface area (Å²) in [5, 5.41) is 17.8. The number of nitrogens with one attached hydrogen (secondary N) is 1. The number of pyridine rings is 1. The number of aromatic nitrogens is 4. The standard InChI is InChI=1S/C23H22N8O5S2/c1-29-12-25-7-14(29)9-36-28-16(15-11-38-23(24)26-15)19(32)27-17-20(33)31-18(22(34)35)13(10-37-21(17)31)8-30-5-3-2-4-6-30/h2-7,11-12,17,21H,8-10H2,1H3,(H3-,24,26,27,32,34,35)/p+1/t17-,21+/m1/s1. The number of carbonyl (C=O) groups excluding carboxylic acids is 2. The number of oxime groups is 1. The number of nitrogens with zero attached hydrogens (tertiary/aromatic N) is 6. The Bertz CT molecular complexity index is 1450. The van der Waals surface area contributed by atoms with Gasteiger partial charge in [0, 0.05) is 35.9 Å². The van der Waals surface area contributed by atoms with Gasteiger partial charge in [-0.05, 0) is 0 Å². The van der Waals surface area contributed by atoms with E-state index in [0.29, 0.717) is 17.9 Å². The van der Waals surface area contributed by atoms with E-state index in [4.69, 9.17) is 10.6 Å². The van der Waals surface area contributed by atoms with Crippen molar-refractivity contribution in [1.29, 1.82) is 0 Å². The van der Waals surface area contributed by atoms with Gasteiger partial charge in [0.15, 0.2) is 36.4 Å². The maximum absolute atomic E-state index is 13.2. The van der Waals surface area contributed by atoms with E-state index >= 15 is 0 Å². The predicted molar refractivity (Wildman–Crippen MR) is 137 cm³/mol. The fourth-order valence-corrected chi connectivity index (χ4v) is 5.95. The average Bonchev–Trinajstić information content (AvgIpc) is 3.52. The van der Waals surface area contributed by atoms with E-state index in [2.05, 4.69) is 20.4 Å². The second-order valence-electron chi connectivity index (χ2n) is 8.45. The number of amides is 2. The third kappa shape index (κ3) is 4.97. The number of imidazole rings is 1. The Balaban J connectivity index is 1.33. The van der Waals surface area contributed by atoms with Gasteiger partial charge in [0.05, 0.1) is 18.2 Å². The lowest BCUT2D eigenvalue weighted by Gasteiger charge is -2.49. The summed E-state index contributed by atoms with van der Waals surface area (Å²) >= 11 is 2.52. The summed E-state index contributed by atoms with van der Waals surface area (Å²) < 4.78 is 3.59. The number of carboxylic acids is 1. The highest BCUT2D eigenvalue weighted by atomic mass is 32.2. The monoisotopic (exact) mass is 555 g/mol. The molecule has 2 amide bonds. The average molecular weight is 556 g/mol. The molecule has 0 saturated carbocycles. The van der Waals surface area contributed by atoms with Gasteiger partial charge in [-0.2, -0.15) is 0 Å². The highest BCUT2D eigenvalue weighted by Gasteiger charge is 2.54. The molecule has 196 valence electrons. The zero-order valence-electron chi connectivity index (χ0n) is 20.1. The number of hydrogen-bond donors (Lipinski definition) is 3. The summed E-state index contributed by atoms with van der Waals surface area (Å²) in [5.41, 5.74) is 7.07. The quantitative estimate of drug-likeness (QED) is 0.144. The van der Waals surface area contributed by atoms with Gasteiger partial charge in [0.1, 0.15) is 22.8 Å². The van der Waals surface area contributed by atoms with Crippen LogP contribution in [0.4, 0.5) is 5.13 Å². The molecule has 1 fully saturated rings. The van der Waals surface area contributed by atoms with Gasteiger partial charge in [-0.3, -0.25) is 14.5 Å². The number of rotatable bonds is 9. The molecule has 5 heterocycles. The molecule has 3 aromatic heterocycles. The van der Waals surface area contributed by atoms with Gasteiger partial charge in [0.25, 0.3) is 11.8 Å². The fraction of sp³-hybridized carbons (Fsp3) is 0.261. The molecule has 0 radical (unpaired) electrons. The normalized spacial score (nSPS) is 19.1. The van der Waals surface area contributed by atoms with Gasteiger partial charge in [0.2, 0.25) is 0 Å². The Morgan fingerprint density at radius 2 is 2.13 bits per heavy atom. The SMILES string of the molecule is Cn1cncc1CON=C(C(=O)N[C@@H]1C(=O)N2C(C(=O)O)=C(C[n+]3ccccc3)CS[C@@H]12)c1csc(N)n1. The zero-order valence-corrected chi connectivity index (χ0v) is 21.7. The molecule has 13 nitrogen and oxygen atoms in total. The fourth-order valence-electron chi connectivity index (χ4n) is 4.06. The number of aryl methyl sites for hydroxylation is 1. The van der Waals surface area contributed by atoms with Gasteiger partial charge in [-0.15, -0.1) is 23.1 Å². The second kappa shape index (κ2) is 10.6. The van der Waals surface area contributed by atoms with Gasteiger partial charge in [-0.25, -0.2) is 19.3 Å². The number of fused-ring (bicyclic) bond motifs is 1. The predicted octanol–water partition coefficient (Wildman–Crippen LogP) is 0.106. The molecule has 1 saturated heterocycles. The molecule has 2 atom stereocenters. The smallest absolute Gasteiger partial charge is 0.352 e. The van der Waals surface area contributed by atoms with Crippen LogP contribution in [0.25, 0.3) is 0 Å². The number of nitrogen functional groups attached to an aromatic ring is 1. The van der Waals surface area contributed by atoms with E-state index in [1.165, 1.54) is 16.7 Å². The molecule has 0 aromatic carbocycles. The number of hydrogen-bond acceptors (Lipinski definition) is 10. The first kappa shape index (κ1) is 25.4. The molecule has 0 unspecified atom stereocenters. The summed E-state index contributed by atoms with van der Waals surface area (Å²) in [5.74, 6) is -2.01. The topological polar surface area (TPSA) is 169 Å². The molecule has 4 N–H and O–H groups in total. The molecule has 38 heavy (non-hydrogen) atoms. The van der Waals surface area contributed by atoms with Crippen molar-refractivity contribution >= 4 is 51.7 Å². The Morgan fingerprint density at radius 1 is 1.34 bits per heavy atom. The van der Waals surface area contributed by atoms with Crippen molar-refractivity contribution in [3.05, 3.63) is 71.2 Å². The summed E-state index contributed by atoms with van der Waals surface area (Å²) in [7, 11) is 1.80. The van der Waals surface area contributed by atoms with E-state index in [1.54, 1.807) is 29.5 Å². The number of carboxylic acid groups (broad SMARTS) is 1. The molecule has 0 aliphatic carbocycles. The summed E-state index contributed by atoms with van der Waals surface area (Å²) in [6, 6.07) is 4.61. The van der Waals surface area contributed by atoms with Crippen molar-refractivity contribution < 1.29 is 28.9 Å². The maximum atomic E-state index is 13.2.